The second-order valence-electron chi connectivity index (χ2n) is 8.54. The zero-order valence-electron chi connectivity index (χ0n) is 19.3. The third kappa shape index (κ3) is 3.73. The number of fused-ring (bicyclic) bond motifs is 3. The third-order valence-electron chi connectivity index (χ3n) is 6.56. The van der Waals surface area contributed by atoms with E-state index in [-0.39, 0.29) is 23.9 Å². The molecule has 0 amide bonds. The first kappa shape index (κ1) is 22.1. The summed E-state index contributed by atoms with van der Waals surface area (Å²) in [6.45, 7) is 5.41. The molecule has 176 valence electrons. The molecule has 1 saturated heterocycles. The molecule has 0 spiro atoms. The quantitative estimate of drug-likeness (QED) is 0.418. The van der Waals surface area contributed by atoms with Gasteiger partial charge >= 0.3 is 5.97 Å². The molecule has 34 heavy (non-hydrogen) atoms. The largest absolute Gasteiger partial charge is 0.468 e. The summed E-state index contributed by atoms with van der Waals surface area (Å²) in [4.78, 5) is 26.7. The molecule has 9 nitrogen and oxygen atoms in total. The Bertz CT molecular complexity index is 1330. The summed E-state index contributed by atoms with van der Waals surface area (Å²) in [5.41, 5.74) is 2.37. The molecule has 1 aliphatic rings. The Morgan fingerprint density at radius 1 is 1.24 bits per heavy atom. The molecule has 0 radical (unpaired) electrons. The van der Waals surface area contributed by atoms with E-state index in [4.69, 9.17) is 9.72 Å². The van der Waals surface area contributed by atoms with Crippen LogP contribution in [-0.2, 0) is 9.53 Å². The van der Waals surface area contributed by atoms with E-state index in [9.17, 15) is 9.18 Å². The van der Waals surface area contributed by atoms with Crippen molar-refractivity contribution < 1.29 is 13.9 Å². The Hall–Kier alpha value is -3.66. The molecule has 1 aromatic carbocycles. The zero-order valence-corrected chi connectivity index (χ0v) is 19.3. The van der Waals surface area contributed by atoms with Crippen LogP contribution in [0.1, 0.15) is 31.9 Å². The normalized spacial score (nSPS) is 20.1. The second kappa shape index (κ2) is 8.94. The van der Waals surface area contributed by atoms with Crippen molar-refractivity contribution in [3.63, 3.8) is 0 Å². The van der Waals surface area contributed by atoms with Gasteiger partial charge in [0.15, 0.2) is 5.82 Å². The van der Waals surface area contributed by atoms with E-state index in [0.717, 1.165) is 23.3 Å². The number of hydrogen-bond donors (Lipinski definition) is 0. The summed E-state index contributed by atoms with van der Waals surface area (Å²) in [5.74, 6) is 0.558. The van der Waals surface area contributed by atoms with Crippen molar-refractivity contribution in [2.24, 2.45) is 0 Å². The number of rotatable bonds is 5. The maximum Gasteiger partial charge on any atom is 0.327 e. The lowest BCUT2D eigenvalue weighted by molar-refractivity contribution is -0.149. The number of hydrogen-bond acceptors (Lipinski definition) is 8. The first-order valence-electron chi connectivity index (χ1n) is 11.3. The molecule has 0 N–H and O–H groups in total. The SMILES string of the molecule is CC[C@@H]1CN(c2nc3nncn3c3cccnc23)[C@@H](C)CN1[C@H](C(=O)OC)c1ccc(F)cc1. The van der Waals surface area contributed by atoms with Crippen molar-refractivity contribution in [3.05, 3.63) is 60.3 Å². The van der Waals surface area contributed by atoms with Crippen molar-refractivity contribution in [1.82, 2.24) is 29.5 Å². The number of piperazine rings is 1. The maximum atomic E-state index is 13.6. The van der Waals surface area contributed by atoms with Crippen LogP contribution in [0.3, 0.4) is 0 Å². The van der Waals surface area contributed by atoms with Crippen LogP contribution in [0.25, 0.3) is 16.8 Å². The Balaban J connectivity index is 1.54. The fraction of sp³-hybridized carbons (Fsp3) is 0.375. The first-order chi connectivity index (χ1) is 16.5. The fourth-order valence-electron chi connectivity index (χ4n) is 4.85. The predicted molar refractivity (Wildman–Crippen MR) is 125 cm³/mol. The molecule has 1 aliphatic heterocycles. The minimum atomic E-state index is -0.623. The number of halogens is 1. The van der Waals surface area contributed by atoms with Crippen LogP contribution in [0.15, 0.2) is 48.9 Å². The van der Waals surface area contributed by atoms with Gasteiger partial charge in [-0.1, -0.05) is 19.1 Å². The number of carbonyl (C=O) groups excluding carboxylic acids is 1. The molecule has 0 aliphatic carbocycles. The summed E-state index contributed by atoms with van der Waals surface area (Å²) in [6.07, 6.45) is 4.19. The first-order valence-corrected chi connectivity index (χ1v) is 11.3. The summed E-state index contributed by atoms with van der Waals surface area (Å²) in [6, 6.07) is 9.33. The van der Waals surface area contributed by atoms with E-state index < -0.39 is 6.04 Å². The van der Waals surface area contributed by atoms with Gasteiger partial charge < -0.3 is 9.64 Å². The van der Waals surface area contributed by atoms with Gasteiger partial charge in [-0.05, 0) is 43.2 Å². The van der Waals surface area contributed by atoms with Crippen LogP contribution >= 0.6 is 0 Å². The number of benzene rings is 1. The van der Waals surface area contributed by atoms with Gasteiger partial charge in [0.25, 0.3) is 5.78 Å². The van der Waals surface area contributed by atoms with Crippen molar-refractivity contribution >= 4 is 28.6 Å². The van der Waals surface area contributed by atoms with Crippen molar-refractivity contribution in [2.75, 3.05) is 25.1 Å². The van der Waals surface area contributed by atoms with Gasteiger partial charge in [0, 0.05) is 31.4 Å². The van der Waals surface area contributed by atoms with Gasteiger partial charge in [0.2, 0.25) is 0 Å². The molecule has 4 heterocycles. The minimum absolute atomic E-state index is 0.0125. The average Bonchev–Trinajstić information content (AvgIpc) is 3.34. The Kier molecular flexibility index (Phi) is 5.82. The summed E-state index contributed by atoms with van der Waals surface area (Å²) in [5, 5.41) is 8.17. The topological polar surface area (TPSA) is 88.8 Å². The van der Waals surface area contributed by atoms with Gasteiger partial charge in [-0.2, -0.15) is 4.98 Å². The van der Waals surface area contributed by atoms with Gasteiger partial charge in [0.05, 0.1) is 12.6 Å². The fourth-order valence-corrected chi connectivity index (χ4v) is 4.85. The Labute approximate surface area is 196 Å². The number of methoxy groups -OCH3 is 1. The second-order valence-corrected chi connectivity index (χ2v) is 8.54. The summed E-state index contributed by atoms with van der Waals surface area (Å²) < 4.78 is 20.6. The minimum Gasteiger partial charge on any atom is -0.468 e. The molecule has 0 bridgehead atoms. The Morgan fingerprint density at radius 2 is 2.03 bits per heavy atom. The van der Waals surface area contributed by atoms with Crippen molar-refractivity contribution in [3.8, 4) is 0 Å². The van der Waals surface area contributed by atoms with Crippen LogP contribution in [0.2, 0.25) is 0 Å². The van der Waals surface area contributed by atoms with Crippen molar-refractivity contribution in [2.45, 2.75) is 38.4 Å². The van der Waals surface area contributed by atoms with Crippen LogP contribution < -0.4 is 4.90 Å². The third-order valence-corrected chi connectivity index (χ3v) is 6.56. The van der Waals surface area contributed by atoms with Crippen molar-refractivity contribution in [1.29, 1.82) is 0 Å². The highest BCUT2D eigenvalue weighted by Gasteiger charge is 2.40. The number of esters is 1. The Morgan fingerprint density at radius 3 is 2.76 bits per heavy atom. The molecular weight excluding hydrogens is 437 g/mol. The molecule has 10 heteroatoms. The van der Waals surface area contributed by atoms with E-state index >= 15 is 0 Å². The number of aromatic nitrogens is 5. The van der Waals surface area contributed by atoms with Crippen LogP contribution in [0.4, 0.5) is 10.2 Å². The number of nitrogens with zero attached hydrogens (tertiary/aromatic N) is 7. The molecule has 0 unspecified atom stereocenters. The van der Waals surface area contributed by atoms with E-state index in [1.807, 2.05) is 16.5 Å². The number of carbonyl (C=O) groups is 1. The molecule has 3 aromatic heterocycles. The maximum absolute atomic E-state index is 13.6. The molecule has 4 aromatic rings. The molecule has 0 saturated carbocycles. The summed E-state index contributed by atoms with van der Waals surface area (Å²) >= 11 is 0. The van der Waals surface area contributed by atoms with Crippen LogP contribution in [-0.4, -0.2) is 67.7 Å². The van der Waals surface area contributed by atoms with Crippen LogP contribution in [0.5, 0.6) is 0 Å². The lowest BCUT2D eigenvalue weighted by atomic mass is 9.97. The monoisotopic (exact) mass is 463 g/mol. The standard InChI is InChI=1S/C24H26FN7O2/c1-4-18-13-30(22-20-19(6-5-11-26-20)32-14-27-29-24(32)28-22)15(2)12-31(18)21(23(33)34-3)16-7-9-17(25)10-8-16/h5-11,14-15,18,21H,4,12-13H2,1-3H3/t15-,18+,21-/m0/s1. The molecule has 5 rings (SSSR count). The van der Waals surface area contributed by atoms with E-state index in [2.05, 4.69) is 38.8 Å². The van der Waals surface area contributed by atoms with Gasteiger partial charge in [-0.3, -0.25) is 14.3 Å². The number of anilines is 1. The van der Waals surface area contributed by atoms with Gasteiger partial charge in [0.1, 0.15) is 23.7 Å². The average molecular weight is 464 g/mol. The number of pyridine rings is 1. The highest BCUT2D eigenvalue weighted by atomic mass is 19.1. The predicted octanol–water partition coefficient (Wildman–Crippen LogP) is 3.02. The summed E-state index contributed by atoms with van der Waals surface area (Å²) in [7, 11) is 1.38. The smallest absolute Gasteiger partial charge is 0.327 e. The lowest BCUT2D eigenvalue weighted by Crippen LogP contribution is -2.59. The van der Waals surface area contributed by atoms with E-state index in [1.54, 1.807) is 24.7 Å². The van der Waals surface area contributed by atoms with E-state index in [0.29, 0.717) is 24.4 Å². The van der Waals surface area contributed by atoms with Gasteiger partial charge in [-0.15, -0.1) is 10.2 Å². The van der Waals surface area contributed by atoms with E-state index in [1.165, 1.54) is 19.2 Å². The molecule has 3 atom stereocenters. The number of ether oxygens (including phenoxy) is 1. The lowest BCUT2D eigenvalue weighted by Gasteiger charge is -2.48. The van der Waals surface area contributed by atoms with Gasteiger partial charge in [-0.25, -0.2) is 9.18 Å². The highest BCUT2D eigenvalue weighted by molar-refractivity contribution is 5.88. The highest BCUT2D eigenvalue weighted by Crippen LogP contribution is 2.34. The van der Waals surface area contributed by atoms with Crippen LogP contribution in [0, 0.1) is 5.82 Å². The zero-order chi connectivity index (χ0) is 23.8. The molecular formula is C24H26FN7O2. The molecule has 1 fully saturated rings.